The summed E-state index contributed by atoms with van der Waals surface area (Å²) in [6.45, 7) is 7.47. The van der Waals surface area contributed by atoms with Gasteiger partial charge in [0.25, 0.3) is 0 Å². The molecule has 0 atom stereocenters. The minimum Gasteiger partial charge on any atom is -0.481 e. The molecule has 0 bridgehead atoms. The molecule has 0 unspecified atom stereocenters. The van der Waals surface area contributed by atoms with Crippen molar-refractivity contribution in [2.75, 3.05) is 24.7 Å². The van der Waals surface area contributed by atoms with Crippen LogP contribution in [-0.2, 0) is 0 Å². The smallest absolute Gasteiger partial charge is 0.215 e. The molecule has 1 aromatic heterocycles. The van der Waals surface area contributed by atoms with Crippen LogP contribution >= 0.6 is 0 Å². The fraction of sp³-hybridized carbons (Fsp3) is 0.583. The molecule has 1 rings (SSSR count). The second-order valence-corrected chi connectivity index (χ2v) is 5.03. The van der Waals surface area contributed by atoms with Gasteiger partial charge in [-0.2, -0.15) is 4.98 Å². The van der Waals surface area contributed by atoms with Crippen LogP contribution in [0.5, 0.6) is 5.88 Å². The first-order chi connectivity index (χ1) is 7.42. The van der Waals surface area contributed by atoms with E-state index in [0.717, 1.165) is 13.0 Å². The Labute approximate surface area is 97.2 Å². The van der Waals surface area contributed by atoms with Crippen LogP contribution in [0.4, 0.5) is 11.5 Å². The van der Waals surface area contributed by atoms with Gasteiger partial charge >= 0.3 is 0 Å². The summed E-state index contributed by atoms with van der Waals surface area (Å²) in [6.07, 6.45) is 1.06. The van der Waals surface area contributed by atoms with Crippen LogP contribution in [0.3, 0.4) is 0 Å². The number of aromatic nitrogens is 1. The van der Waals surface area contributed by atoms with E-state index in [0.29, 0.717) is 22.8 Å². The summed E-state index contributed by atoms with van der Waals surface area (Å²) in [5.74, 6) is 1.27. The highest BCUT2D eigenvalue weighted by Crippen LogP contribution is 2.22. The molecule has 0 radical (unpaired) electrons. The number of pyridine rings is 1. The van der Waals surface area contributed by atoms with Gasteiger partial charge in [0.2, 0.25) is 5.88 Å². The molecule has 0 fully saturated rings. The summed E-state index contributed by atoms with van der Waals surface area (Å²) in [4.78, 5) is 4.25. The van der Waals surface area contributed by atoms with E-state index in [-0.39, 0.29) is 0 Å². The Morgan fingerprint density at radius 3 is 2.62 bits per heavy atom. The molecule has 0 aliphatic heterocycles. The van der Waals surface area contributed by atoms with Gasteiger partial charge in [0.05, 0.1) is 12.8 Å². The monoisotopic (exact) mass is 223 g/mol. The summed E-state index contributed by atoms with van der Waals surface area (Å²) in [5, 5.41) is 3.23. The second kappa shape index (κ2) is 5.05. The van der Waals surface area contributed by atoms with Gasteiger partial charge < -0.3 is 15.8 Å². The van der Waals surface area contributed by atoms with Crippen LogP contribution in [0.25, 0.3) is 0 Å². The van der Waals surface area contributed by atoms with Crippen molar-refractivity contribution in [2.24, 2.45) is 5.41 Å². The van der Waals surface area contributed by atoms with Crippen LogP contribution in [0.1, 0.15) is 27.2 Å². The van der Waals surface area contributed by atoms with E-state index in [4.69, 9.17) is 10.5 Å². The first-order valence-corrected chi connectivity index (χ1v) is 5.47. The molecular formula is C12H21N3O. The first kappa shape index (κ1) is 12.6. The number of hydrogen-bond acceptors (Lipinski definition) is 4. The van der Waals surface area contributed by atoms with E-state index in [1.807, 2.05) is 0 Å². The highest BCUT2D eigenvalue weighted by molar-refractivity contribution is 5.61. The number of nitrogens with two attached hydrogens (primary N) is 1. The minimum atomic E-state index is 0.306. The van der Waals surface area contributed by atoms with Crippen molar-refractivity contribution < 1.29 is 4.74 Å². The molecule has 0 saturated heterocycles. The van der Waals surface area contributed by atoms with Crippen LogP contribution in [0.2, 0.25) is 0 Å². The maximum absolute atomic E-state index is 5.81. The zero-order valence-electron chi connectivity index (χ0n) is 10.5. The molecule has 90 valence electrons. The van der Waals surface area contributed by atoms with Crippen molar-refractivity contribution in [3.63, 3.8) is 0 Å². The number of ether oxygens (including phenoxy) is 1. The van der Waals surface area contributed by atoms with Crippen molar-refractivity contribution in [1.82, 2.24) is 4.98 Å². The second-order valence-electron chi connectivity index (χ2n) is 5.03. The van der Waals surface area contributed by atoms with Gasteiger partial charge in [-0.15, -0.1) is 0 Å². The Hall–Kier alpha value is -1.45. The average molecular weight is 223 g/mol. The summed E-state index contributed by atoms with van der Waals surface area (Å²) in [6, 6.07) is 3.55. The topological polar surface area (TPSA) is 60.2 Å². The molecule has 4 heteroatoms. The van der Waals surface area contributed by atoms with Crippen LogP contribution in [0.15, 0.2) is 12.1 Å². The lowest BCUT2D eigenvalue weighted by atomic mass is 9.92. The molecule has 4 nitrogen and oxygen atoms in total. The van der Waals surface area contributed by atoms with Crippen LogP contribution in [-0.4, -0.2) is 18.6 Å². The largest absolute Gasteiger partial charge is 0.481 e. The Balaban J connectivity index is 2.59. The summed E-state index contributed by atoms with van der Waals surface area (Å²) in [5.41, 5.74) is 6.77. The molecule has 0 spiro atoms. The number of nitrogens with zero attached hydrogens (tertiary/aromatic N) is 1. The van der Waals surface area contributed by atoms with Crippen molar-refractivity contribution >= 4 is 11.5 Å². The third-order valence-corrected chi connectivity index (χ3v) is 2.28. The van der Waals surface area contributed by atoms with E-state index < -0.39 is 0 Å². The number of anilines is 2. The van der Waals surface area contributed by atoms with Crippen molar-refractivity contribution in [1.29, 1.82) is 0 Å². The van der Waals surface area contributed by atoms with Gasteiger partial charge in [0.15, 0.2) is 5.82 Å². The molecule has 3 N–H and O–H groups in total. The molecule has 0 aromatic carbocycles. The van der Waals surface area contributed by atoms with E-state index in [9.17, 15) is 0 Å². The summed E-state index contributed by atoms with van der Waals surface area (Å²) in [7, 11) is 1.59. The maximum Gasteiger partial charge on any atom is 0.215 e. The van der Waals surface area contributed by atoms with Crippen molar-refractivity contribution in [2.45, 2.75) is 27.2 Å². The van der Waals surface area contributed by atoms with Gasteiger partial charge in [-0.05, 0) is 17.9 Å². The third-order valence-electron chi connectivity index (χ3n) is 2.28. The Kier molecular flexibility index (Phi) is 3.99. The van der Waals surface area contributed by atoms with Crippen LogP contribution < -0.4 is 15.8 Å². The highest BCUT2D eigenvalue weighted by atomic mass is 16.5. The Morgan fingerprint density at radius 2 is 2.06 bits per heavy atom. The lowest BCUT2D eigenvalue weighted by Gasteiger charge is -2.18. The Bertz CT molecular complexity index is 345. The number of hydrogen-bond donors (Lipinski definition) is 2. The summed E-state index contributed by atoms with van der Waals surface area (Å²) >= 11 is 0. The van der Waals surface area contributed by atoms with Gasteiger partial charge in [0.1, 0.15) is 0 Å². The number of rotatable bonds is 4. The molecule has 1 heterocycles. The van der Waals surface area contributed by atoms with Gasteiger partial charge in [-0.25, -0.2) is 0 Å². The molecule has 0 amide bonds. The number of nitrogen functional groups attached to an aromatic ring is 1. The standard InChI is InChI=1S/C12H21N3O/c1-12(2,3)7-8-14-11-9(13)5-6-10(15-11)16-4/h5-6H,7-8,13H2,1-4H3,(H,14,15). The highest BCUT2D eigenvalue weighted by Gasteiger charge is 2.10. The van der Waals surface area contributed by atoms with Gasteiger partial charge in [0, 0.05) is 12.6 Å². The van der Waals surface area contributed by atoms with Gasteiger partial charge in [-0.3, -0.25) is 0 Å². The average Bonchev–Trinajstić information content (AvgIpc) is 2.19. The lowest BCUT2D eigenvalue weighted by molar-refractivity contribution is 0.388. The molecule has 1 aromatic rings. The fourth-order valence-electron chi connectivity index (χ4n) is 1.26. The van der Waals surface area contributed by atoms with Crippen LogP contribution in [0, 0.1) is 5.41 Å². The molecule has 0 saturated carbocycles. The molecule has 0 aliphatic carbocycles. The number of methoxy groups -OCH3 is 1. The third kappa shape index (κ3) is 3.96. The van der Waals surface area contributed by atoms with Crippen molar-refractivity contribution in [3.05, 3.63) is 12.1 Å². The predicted molar refractivity (Wildman–Crippen MR) is 67.8 cm³/mol. The quantitative estimate of drug-likeness (QED) is 0.823. The van der Waals surface area contributed by atoms with E-state index in [1.165, 1.54) is 0 Å². The lowest BCUT2D eigenvalue weighted by Crippen LogP contribution is -2.14. The van der Waals surface area contributed by atoms with E-state index in [2.05, 4.69) is 31.1 Å². The molecule has 16 heavy (non-hydrogen) atoms. The normalized spacial score (nSPS) is 11.2. The minimum absolute atomic E-state index is 0.306. The summed E-state index contributed by atoms with van der Waals surface area (Å²) < 4.78 is 5.05. The van der Waals surface area contributed by atoms with Crippen molar-refractivity contribution in [3.8, 4) is 5.88 Å². The molecule has 0 aliphatic rings. The molecular weight excluding hydrogens is 202 g/mol. The van der Waals surface area contributed by atoms with E-state index in [1.54, 1.807) is 19.2 Å². The fourth-order valence-corrected chi connectivity index (χ4v) is 1.26. The van der Waals surface area contributed by atoms with Gasteiger partial charge in [-0.1, -0.05) is 20.8 Å². The van der Waals surface area contributed by atoms with E-state index >= 15 is 0 Å². The zero-order valence-corrected chi connectivity index (χ0v) is 10.5. The first-order valence-electron chi connectivity index (χ1n) is 5.47. The Morgan fingerprint density at radius 1 is 1.38 bits per heavy atom. The predicted octanol–water partition coefficient (Wildman–Crippen LogP) is 2.52. The SMILES string of the molecule is COc1ccc(N)c(NCCC(C)(C)C)n1. The number of nitrogens with one attached hydrogen (secondary N) is 1. The maximum atomic E-state index is 5.81. The zero-order chi connectivity index (χ0) is 12.2.